The number of carbonyl (C=O) groups excluding carboxylic acids is 2. The second kappa shape index (κ2) is 15.8. The Hall–Kier alpha value is -2.20. The molecule has 0 saturated heterocycles. The number of nitrogens with zero attached hydrogens (tertiary/aromatic N) is 3. The number of nitriles is 1. The smallest absolute Gasteiger partial charge is 0.547 e. The van der Waals surface area contributed by atoms with Crippen molar-refractivity contribution < 1.29 is 49.5 Å². The van der Waals surface area contributed by atoms with Crippen molar-refractivity contribution in [2.24, 2.45) is 4.99 Å². The molecule has 0 spiro atoms. The van der Waals surface area contributed by atoms with Crippen molar-refractivity contribution in [1.82, 2.24) is 20.6 Å². The average Bonchev–Trinajstić information content (AvgIpc) is 3.04. The number of aryl methyl sites for hydroxylation is 1. The maximum Gasteiger partial charge on any atom is 2.00 e. The van der Waals surface area contributed by atoms with E-state index in [0.29, 0.717) is 5.96 Å². The fourth-order valence-electron chi connectivity index (χ4n) is 1.43. The first kappa shape index (κ1) is 28.0. The summed E-state index contributed by atoms with van der Waals surface area (Å²) in [5.41, 5.74) is 2.21. The molecule has 1 aromatic heterocycles. The summed E-state index contributed by atoms with van der Waals surface area (Å²) in [5, 5.41) is 49.7. The van der Waals surface area contributed by atoms with Gasteiger partial charge in [-0.1, -0.05) is 0 Å². The van der Waals surface area contributed by atoms with Crippen LogP contribution in [0.2, 0.25) is 0 Å². The van der Waals surface area contributed by atoms with Gasteiger partial charge in [0.2, 0.25) is 5.96 Å². The van der Waals surface area contributed by atoms with E-state index in [9.17, 15) is 19.8 Å². The predicted molar refractivity (Wildman–Crippen MR) is 91.6 cm³/mol. The van der Waals surface area contributed by atoms with E-state index >= 15 is 0 Å². The van der Waals surface area contributed by atoms with Gasteiger partial charge in [-0.3, -0.25) is 10.3 Å². The van der Waals surface area contributed by atoms with Gasteiger partial charge in [0.15, 0.2) is 6.19 Å². The van der Waals surface area contributed by atoms with Gasteiger partial charge in [0.1, 0.15) is 12.2 Å². The number of aliphatic hydroxyl groups is 2. The molecule has 0 bridgehead atoms. The number of thioether (sulfide) groups is 1. The minimum absolute atomic E-state index is 0. The van der Waals surface area contributed by atoms with Crippen LogP contribution in [0.4, 0.5) is 0 Å². The van der Waals surface area contributed by atoms with E-state index in [1.54, 1.807) is 25.1 Å². The number of guanidine groups is 1. The van der Waals surface area contributed by atoms with Crippen LogP contribution in [0.1, 0.15) is 11.4 Å². The number of aliphatic hydroxyl groups excluding tert-OH is 2. The summed E-state index contributed by atoms with van der Waals surface area (Å²) in [6.45, 7) is 2.77. The maximum absolute atomic E-state index is 9.63. The molecule has 12 nitrogen and oxygen atoms in total. The molecule has 0 aliphatic rings. The fourth-order valence-corrected chi connectivity index (χ4v) is 2.31. The van der Waals surface area contributed by atoms with Crippen LogP contribution in [0, 0.1) is 18.4 Å². The number of imidazole rings is 1. The topological polar surface area (TPSA) is 210 Å². The molecule has 0 aromatic carbocycles. The van der Waals surface area contributed by atoms with Gasteiger partial charge in [0, 0.05) is 30.8 Å². The maximum atomic E-state index is 9.63. The summed E-state index contributed by atoms with van der Waals surface area (Å²) in [6.07, 6.45) is -1.34. The van der Waals surface area contributed by atoms with Crippen molar-refractivity contribution in [3.63, 3.8) is 0 Å². The summed E-state index contributed by atoms with van der Waals surface area (Å²) in [5.74, 6) is -1.79. The first-order valence-corrected chi connectivity index (χ1v) is 8.60. The van der Waals surface area contributed by atoms with Gasteiger partial charge < -0.3 is 40.3 Å². The molecule has 0 aliphatic heterocycles. The molecule has 0 fully saturated rings. The van der Waals surface area contributed by atoms with Crippen molar-refractivity contribution in [1.29, 1.82) is 5.26 Å². The van der Waals surface area contributed by atoms with E-state index in [0.717, 1.165) is 29.4 Å². The number of rotatable bonds is 8. The Morgan fingerprint density at radius 1 is 1.39 bits per heavy atom. The van der Waals surface area contributed by atoms with Gasteiger partial charge in [-0.15, -0.1) is 0 Å². The zero-order valence-corrected chi connectivity index (χ0v) is 19.1. The van der Waals surface area contributed by atoms with Gasteiger partial charge in [-0.25, -0.2) is 4.98 Å². The molecule has 5 N–H and O–H groups in total. The molecule has 2 unspecified atom stereocenters. The van der Waals surface area contributed by atoms with E-state index in [1.165, 1.54) is 0 Å². The number of aromatic nitrogens is 2. The first-order valence-electron chi connectivity index (χ1n) is 7.44. The van der Waals surface area contributed by atoms with Crippen molar-refractivity contribution >= 4 is 29.7 Å². The molecule has 28 heavy (non-hydrogen) atoms. The van der Waals surface area contributed by atoms with Gasteiger partial charge in [-0.05, 0) is 6.92 Å². The number of nitrogens with one attached hydrogen (secondary N) is 3. The third-order valence-electron chi connectivity index (χ3n) is 2.89. The summed E-state index contributed by atoms with van der Waals surface area (Å²) < 4.78 is 0. The Balaban J connectivity index is 0. The Bertz CT molecular complexity index is 662. The number of aromatic amines is 1. The molecule has 0 aliphatic carbocycles. The van der Waals surface area contributed by atoms with Crippen LogP contribution in [0.25, 0.3) is 0 Å². The monoisotopic (exact) mass is 464 g/mol. The average molecular weight is 466 g/mol. The molecule has 0 radical (unpaired) electrons. The number of H-pyrrole nitrogens is 1. The van der Waals surface area contributed by atoms with E-state index in [1.807, 2.05) is 13.1 Å². The molecule has 14 heteroatoms. The first-order chi connectivity index (χ1) is 12.7. The zero-order chi connectivity index (χ0) is 20.8. The number of aliphatic carboxylic acids is 2. The number of hydrogen-bond acceptors (Lipinski definition) is 10. The number of carboxylic acid groups (broad SMARTS) is 2. The molecule has 2 atom stereocenters. The number of hydrogen-bond donors (Lipinski definition) is 5. The minimum Gasteiger partial charge on any atom is -0.547 e. The molecule has 150 valence electrons. The molecule has 0 amide bonds. The van der Waals surface area contributed by atoms with Crippen LogP contribution >= 0.6 is 11.8 Å². The second-order valence-corrected chi connectivity index (χ2v) is 5.90. The standard InChI is InChI=1S/C10H16N6S.C4H6O6.Zn/c1-8-9(16-7-15-8)5-17-4-3-13-10(12-2)14-6-11;5-1(3(7)8)2(6)4(9)10;/h7H,3-5H2,1-2H3,(H,15,16)(H2,12,13,14);1-2,5-6H,(H,7,8)(H,9,10);/q;;+2/p-2. The Morgan fingerprint density at radius 3 is 2.36 bits per heavy atom. The second-order valence-electron chi connectivity index (χ2n) is 4.79. The molecule has 0 saturated carbocycles. The van der Waals surface area contributed by atoms with Crippen molar-refractivity contribution in [2.75, 3.05) is 19.3 Å². The zero-order valence-electron chi connectivity index (χ0n) is 15.3. The molecular formula is C14H20N6O6SZn. The van der Waals surface area contributed by atoms with Crippen LogP contribution in [0.15, 0.2) is 11.3 Å². The van der Waals surface area contributed by atoms with Gasteiger partial charge in [0.25, 0.3) is 0 Å². The van der Waals surface area contributed by atoms with Crippen LogP contribution in [-0.4, -0.2) is 69.6 Å². The van der Waals surface area contributed by atoms with Crippen LogP contribution in [0.5, 0.6) is 0 Å². The van der Waals surface area contributed by atoms with Gasteiger partial charge in [-0.2, -0.15) is 17.0 Å². The Morgan fingerprint density at radius 2 is 1.96 bits per heavy atom. The van der Waals surface area contributed by atoms with E-state index in [4.69, 9.17) is 15.5 Å². The van der Waals surface area contributed by atoms with Crippen molar-refractivity contribution in [3.8, 4) is 6.19 Å². The largest absolute Gasteiger partial charge is 2.00 e. The SMILES string of the molecule is CN=C(NC#N)NCCSCc1nc[nH]c1C.O=C([O-])C(O)C(O)C(=O)[O-].[Zn+2]. The van der Waals surface area contributed by atoms with E-state index < -0.39 is 24.1 Å². The third-order valence-corrected chi connectivity index (χ3v) is 3.86. The third kappa shape index (κ3) is 11.5. The van der Waals surface area contributed by atoms with E-state index in [2.05, 4.69) is 25.6 Å². The number of aliphatic imine (C=N–C) groups is 1. The molecule has 1 rings (SSSR count). The Kier molecular flexibility index (Phi) is 15.8. The summed E-state index contributed by atoms with van der Waals surface area (Å²) in [6, 6.07) is 0. The Labute approximate surface area is 178 Å². The van der Waals surface area contributed by atoms with Crippen LogP contribution < -0.4 is 20.8 Å². The van der Waals surface area contributed by atoms with Gasteiger partial charge >= 0.3 is 19.5 Å². The molecule has 1 heterocycles. The quantitative estimate of drug-likeness (QED) is 0.0620. The normalized spacial score (nSPS) is 12.3. The fraction of sp³-hybridized carbons (Fsp3) is 0.500. The van der Waals surface area contributed by atoms with Crippen molar-refractivity contribution in [3.05, 3.63) is 17.7 Å². The number of carbonyl (C=O) groups is 2. The summed E-state index contributed by atoms with van der Waals surface area (Å²) >= 11 is 1.79. The van der Waals surface area contributed by atoms with E-state index in [-0.39, 0.29) is 19.5 Å². The minimum atomic E-state index is -2.44. The number of carboxylic acids is 2. The summed E-state index contributed by atoms with van der Waals surface area (Å²) in [4.78, 5) is 30.4. The molecular weight excluding hydrogens is 446 g/mol. The van der Waals surface area contributed by atoms with Crippen LogP contribution in [0.3, 0.4) is 0 Å². The summed E-state index contributed by atoms with van der Waals surface area (Å²) in [7, 11) is 1.63. The molecule has 1 aromatic rings. The van der Waals surface area contributed by atoms with Gasteiger partial charge in [0.05, 0.1) is 24.0 Å². The van der Waals surface area contributed by atoms with Crippen LogP contribution in [-0.2, 0) is 34.8 Å². The predicted octanol–water partition coefficient (Wildman–Crippen LogP) is -4.20. The van der Waals surface area contributed by atoms with Crippen molar-refractivity contribution in [2.45, 2.75) is 24.9 Å².